The molecule has 70 heavy (non-hydrogen) atoms. The van der Waals surface area contributed by atoms with Gasteiger partial charge in [-0.2, -0.15) is 0 Å². The van der Waals surface area contributed by atoms with Crippen LogP contribution in [-0.4, -0.2) is 4.57 Å². The number of nitrogens with zero attached hydrogens (tertiary/aromatic N) is 3. The molecule has 0 aliphatic heterocycles. The van der Waals surface area contributed by atoms with Crippen LogP contribution in [0.2, 0.25) is 0 Å². The molecule has 3 nitrogen and oxygen atoms in total. The number of para-hydroxylation sites is 4. The van der Waals surface area contributed by atoms with Gasteiger partial charge in [-0.1, -0.05) is 212 Å². The zero-order chi connectivity index (χ0) is 46.4. The summed E-state index contributed by atoms with van der Waals surface area (Å²) in [7, 11) is 0. The maximum absolute atomic E-state index is 2.59. The first-order valence-corrected chi connectivity index (χ1v) is 24.1. The quantitative estimate of drug-likeness (QED) is 0.136. The summed E-state index contributed by atoms with van der Waals surface area (Å²) >= 11 is 0. The number of fused-ring (bicyclic) bond motifs is 6. The molecule has 1 unspecified atom stereocenters. The summed E-state index contributed by atoms with van der Waals surface area (Å²) in [4.78, 5) is 5.08. The number of benzene rings is 11. The summed E-state index contributed by atoms with van der Waals surface area (Å²) in [5.41, 5.74) is 18.7. The fraction of sp³-hybridized carbons (Fsp3) is 0.0149. The molecule has 0 N–H and O–H groups in total. The summed E-state index contributed by atoms with van der Waals surface area (Å²) in [5, 5.41) is 2.44. The van der Waals surface area contributed by atoms with Crippen LogP contribution in [0.25, 0.3) is 60.9 Å². The van der Waals surface area contributed by atoms with Crippen LogP contribution < -0.4 is 9.80 Å². The third-order valence-corrected chi connectivity index (χ3v) is 14.2. The lowest BCUT2D eigenvalue weighted by Gasteiger charge is -2.45. The van der Waals surface area contributed by atoms with Crippen LogP contribution in [0.3, 0.4) is 0 Å². The van der Waals surface area contributed by atoms with Gasteiger partial charge in [0.2, 0.25) is 0 Å². The third-order valence-electron chi connectivity index (χ3n) is 14.2. The SMILES string of the molecule is c1ccc(-c2cccc(N(c3ccccc3)C3(c4ccccc4)c4ccccc4-c4ccc(N(c5ccc6c7ccccc7n(-c7ccccc7)c6c5)c5ccccc5-c5ccccc5)cc43)c2)cc1. The summed E-state index contributed by atoms with van der Waals surface area (Å²) in [5.74, 6) is 0. The molecule has 0 radical (unpaired) electrons. The molecule has 13 rings (SSSR count). The van der Waals surface area contributed by atoms with Gasteiger partial charge < -0.3 is 14.4 Å². The molecular weight excluding hydrogens is 847 g/mol. The Morgan fingerprint density at radius 3 is 1.61 bits per heavy atom. The highest BCUT2D eigenvalue weighted by molar-refractivity contribution is 6.10. The Bertz CT molecular complexity index is 3830. The summed E-state index contributed by atoms with van der Waals surface area (Å²) < 4.78 is 2.41. The second-order valence-electron chi connectivity index (χ2n) is 18.0. The predicted octanol–water partition coefficient (Wildman–Crippen LogP) is 17.7. The lowest BCUT2D eigenvalue weighted by atomic mass is 9.78. The normalized spacial score (nSPS) is 13.8. The Kier molecular flexibility index (Phi) is 10.1. The van der Waals surface area contributed by atoms with Crippen molar-refractivity contribution in [3.05, 3.63) is 302 Å². The number of aromatic nitrogens is 1. The molecule has 1 aliphatic rings. The first-order chi connectivity index (χ1) is 34.8. The number of hydrogen-bond donors (Lipinski definition) is 0. The van der Waals surface area contributed by atoms with E-state index in [2.05, 4.69) is 299 Å². The lowest BCUT2D eigenvalue weighted by molar-refractivity contribution is 0.644. The highest BCUT2D eigenvalue weighted by atomic mass is 15.2. The first-order valence-electron chi connectivity index (χ1n) is 24.1. The predicted molar refractivity (Wildman–Crippen MR) is 293 cm³/mol. The maximum Gasteiger partial charge on any atom is 0.122 e. The van der Waals surface area contributed by atoms with E-state index >= 15 is 0 Å². The van der Waals surface area contributed by atoms with E-state index in [4.69, 9.17) is 0 Å². The van der Waals surface area contributed by atoms with E-state index in [9.17, 15) is 0 Å². The van der Waals surface area contributed by atoms with Crippen LogP contribution in [-0.2, 0) is 5.54 Å². The number of anilines is 5. The molecule has 0 amide bonds. The van der Waals surface area contributed by atoms with Gasteiger partial charge in [-0.05, 0) is 117 Å². The molecule has 0 bridgehead atoms. The van der Waals surface area contributed by atoms with Crippen LogP contribution in [0.5, 0.6) is 0 Å². The Morgan fingerprint density at radius 1 is 0.300 bits per heavy atom. The molecule has 11 aromatic carbocycles. The monoisotopic (exact) mass is 893 g/mol. The fourth-order valence-corrected chi connectivity index (χ4v) is 11.2. The first kappa shape index (κ1) is 41.0. The smallest absolute Gasteiger partial charge is 0.122 e. The summed E-state index contributed by atoms with van der Waals surface area (Å²) in [6.07, 6.45) is 0. The van der Waals surface area contributed by atoms with Crippen LogP contribution in [0.4, 0.5) is 28.4 Å². The van der Waals surface area contributed by atoms with E-state index in [1.807, 2.05) is 0 Å². The lowest BCUT2D eigenvalue weighted by Crippen LogP contribution is -2.44. The van der Waals surface area contributed by atoms with E-state index in [1.54, 1.807) is 0 Å². The van der Waals surface area contributed by atoms with E-state index in [0.29, 0.717) is 0 Å². The Hall–Kier alpha value is -9.18. The summed E-state index contributed by atoms with van der Waals surface area (Å²) in [6, 6.07) is 104. The van der Waals surface area contributed by atoms with Crippen molar-refractivity contribution in [2.24, 2.45) is 0 Å². The van der Waals surface area contributed by atoms with Crippen molar-refractivity contribution < 1.29 is 0 Å². The Morgan fingerprint density at radius 2 is 0.843 bits per heavy atom. The van der Waals surface area contributed by atoms with Crippen molar-refractivity contribution in [3.8, 4) is 39.1 Å². The second-order valence-corrected chi connectivity index (χ2v) is 18.0. The van der Waals surface area contributed by atoms with Gasteiger partial charge in [0, 0.05) is 44.8 Å². The molecule has 1 heterocycles. The van der Waals surface area contributed by atoms with E-state index in [-0.39, 0.29) is 0 Å². The standard InChI is InChI=1S/C67H47N3/c1-6-23-48(24-7-1)50-27-22-34-56(45-50)70(53-32-14-5-15-33-53)67(51-28-10-3-11-29-51)62-38-19-16-36-58(62)59-43-41-54(46-63(59)67)68(64-39-20-17-35-57(64)49-25-8-2-9-26-49)55-42-44-61-60-37-18-21-40-65(60)69(66(61)47-55)52-30-12-4-13-31-52/h1-47H. The second kappa shape index (κ2) is 17.2. The van der Waals surface area contributed by atoms with Crippen LogP contribution in [0.15, 0.2) is 285 Å². The molecular formula is C67H47N3. The molecule has 0 saturated carbocycles. The van der Waals surface area contributed by atoms with Crippen molar-refractivity contribution in [1.82, 2.24) is 4.57 Å². The highest BCUT2D eigenvalue weighted by Crippen LogP contribution is 2.59. The molecule has 0 fully saturated rings. The average molecular weight is 894 g/mol. The van der Waals surface area contributed by atoms with Gasteiger partial charge in [0.05, 0.1) is 16.7 Å². The minimum absolute atomic E-state index is 0.811. The van der Waals surface area contributed by atoms with Crippen molar-refractivity contribution in [2.75, 3.05) is 9.80 Å². The molecule has 3 heteroatoms. The molecule has 1 aliphatic carbocycles. The molecule has 12 aromatic rings. The van der Waals surface area contributed by atoms with Gasteiger partial charge in [0.15, 0.2) is 0 Å². The van der Waals surface area contributed by atoms with Gasteiger partial charge in [0.25, 0.3) is 0 Å². The topological polar surface area (TPSA) is 11.4 Å². The molecule has 330 valence electrons. The van der Waals surface area contributed by atoms with Crippen molar-refractivity contribution in [3.63, 3.8) is 0 Å². The maximum atomic E-state index is 2.59. The van der Waals surface area contributed by atoms with Crippen molar-refractivity contribution in [1.29, 1.82) is 0 Å². The zero-order valence-electron chi connectivity index (χ0n) is 38.5. The molecule has 0 saturated heterocycles. The Labute approximate surface area is 409 Å². The fourth-order valence-electron chi connectivity index (χ4n) is 11.2. The molecule has 1 aromatic heterocycles. The van der Waals surface area contributed by atoms with E-state index in [1.165, 1.54) is 49.7 Å². The third kappa shape index (κ3) is 6.66. The number of hydrogen-bond acceptors (Lipinski definition) is 2. The summed E-state index contributed by atoms with van der Waals surface area (Å²) in [6.45, 7) is 0. The molecule has 1 atom stereocenters. The van der Waals surface area contributed by atoms with Crippen molar-refractivity contribution >= 4 is 50.2 Å². The van der Waals surface area contributed by atoms with Gasteiger partial charge in [-0.15, -0.1) is 0 Å². The molecule has 0 spiro atoms. The van der Waals surface area contributed by atoms with Gasteiger partial charge in [-0.3, -0.25) is 0 Å². The van der Waals surface area contributed by atoms with Crippen LogP contribution in [0.1, 0.15) is 16.7 Å². The minimum Gasteiger partial charge on any atom is -0.323 e. The minimum atomic E-state index is -0.811. The average Bonchev–Trinajstić information content (AvgIpc) is 3.92. The largest absolute Gasteiger partial charge is 0.323 e. The van der Waals surface area contributed by atoms with Crippen LogP contribution >= 0.6 is 0 Å². The van der Waals surface area contributed by atoms with E-state index in [0.717, 1.165) is 56.3 Å². The van der Waals surface area contributed by atoms with Crippen molar-refractivity contribution in [2.45, 2.75) is 5.54 Å². The van der Waals surface area contributed by atoms with Gasteiger partial charge in [0.1, 0.15) is 5.54 Å². The number of rotatable bonds is 10. The van der Waals surface area contributed by atoms with Crippen LogP contribution in [0, 0.1) is 0 Å². The Balaban J connectivity index is 1.12. The zero-order valence-corrected chi connectivity index (χ0v) is 38.5. The van der Waals surface area contributed by atoms with Gasteiger partial charge >= 0.3 is 0 Å². The van der Waals surface area contributed by atoms with Gasteiger partial charge in [-0.25, -0.2) is 0 Å². The highest BCUT2D eigenvalue weighted by Gasteiger charge is 2.50. The van der Waals surface area contributed by atoms with E-state index < -0.39 is 5.54 Å².